The predicted octanol–water partition coefficient (Wildman–Crippen LogP) is 1.46. The molecule has 5 nitrogen and oxygen atoms in total. The quantitative estimate of drug-likeness (QED) is 0.785. The molecule has 94 valence electrons. The molecule has 0 spiro atoms. The number of rotatable bonds is 3. The van der Waals surface area contributed by atoms with Crippen molar-refractivity contribution in [1.29, 1.82) is 0 Å². The number of hydrogen-bond acceptors (Lipinski definition) is 5. The monoisotopic (exact) mass is 265 g/mol. The molecular formula is C12H11NO4S. The molecule has 0 saturated carbocycles. The van der Waals surface area contributed by atoms with Crippen LogP contribution in [0, 0.1) is 0 Å². The summed E-state index contributed by atoms with van der Waals surface area (Å²) in [6.45, 7) is 0. The minimum Gasteiger partial charge on any atom is -0.495 e. The van der Waals surface area contributed by atoms with Gasteiger partial charge in [-0.1, -0.05) is 0 Å². The number of nitrogens with zero attached hydrogens (tertiary/aromatic N) is 1. The number of hydrogen-bond donors (Lipinski definition) is 0. The van der Waals surface area contributed by atoms with Gasteiger partial charge in [-0.3, -0.25) is 9.78 Å². The van der Waals surface area contributed by atoms with Crippen LogP contribution in [0.2, 0.25) is 0 Å². The van der Waals surface area contributed by atoms with Crippen LogP contribution in [0.5, 0.6) is 5.75 Å². The Balaban J connectivity index is 2.89. The molecule has 0 amide bonds. The second-order valence-electron chi connectivity index (χ2n) is 3.82. The highest BCUT2D eigenvalue weighted by Gasteiger charge is 2.18. The Morgan fingerprint density at radius 1 is 1.33 bits per heavy atom. The van der Waals surface area contributed by atoms with Gasteiger partial charge in [0.1, 0.15) is 16.9 Å². The minimum atomic E-state index is -3.43. The normalized spacial score (nSPS) is 11.4. The van der Waals surface area contributed by atoms with Crippen LogP contribution in [-0.2, 0) is 9.84 Å². The van der Waals surface area contributed by atoms with Gasteiger partial charge in [-0.15, -0.1) is 0 Å². The van der Waals surface area contributed by atoms with Crippen molar-refractivity contribution in [2.75, 3.05) is 13.4 Å². The van der Waals surface area contributed by atoms with Gasteiger partial charge in [-0.2, -0.15) is 0 Å². The maximum absolute atomic E-state index is 11.6. The number of sulfone groups is 1. The standard InChI is InChI=1S/C12H11NO4S/c1-17-12-9-5-8(7-14)3-4-10(9)13-6-11(12)18(2,15)16/h3-7H,1-2H3. The fraction of sp³-hybridized carbons (Fsp3) is 0.167. The van der Waals surface area contributed by atoms with Crippen LogP contribution in [0.3, 0.4) is 0 Å². The highest BCUT2D eigenvalue weighted by molar-refractivity contribution is 7.90. The lowest BCUT2D eigenvalue weighted by Crippen LogP contribution is -2.02. The molecule has 0 fully saturated rings. The van der Waals surface area contributed by atoms with Gasteiger partial charge in [0.05, 0.1) is 18.8 Å². The average molecular weight is 265 g/mol. The summed E-state index contributed by atoms with van der Waals surface area (Å²) in [4.78, 5) is 14.8. The number of methoxy groups -OCH3 is 1. The molecule has 1 heterocycles. The molecule has 0 aliphatic heterocycles. The van der Waals surface area contributed by atoms with E-state index in [4.69, 9.17) is 4.74 Å². The van der Waals surface area contributed by atoms with Gasteiger partial charge in [0.2, 0.25) is 0 Å². The Morgan fingerprint density at radius 3 is 2.61 bits per heavy atom. The minimum absolute atomic E-state index is 0.0144. The molecule has 0 aliphatic rings. The van der Waals surface area contributed by atoms with Gasteiger partial charge in [0.15, 0.2) is 9.84 Å². The molecule has 0 bridgehead atoms. The van der Waals surface area contributed by atoms with Crippen molar-refractivity contribution in [2.24, 2.45) is 0 Å². The average Bonchev–Trinajstić information content (AvgIpc) is 2.35. The highest BCUT2D eigenvalue weighted by Crippen LogP contribution is 2.31. The zero-order valence-electron chi connectivity index (χ0n) is 9.88. The number of pyridine rings is 1. The van der Waals surface area contributed by atoms with Crippen molar-refractivity contribution in [3.8, 4) is 5.75 Å². The first-order chi connectivity index (χ1) is 8.47. The number of carbonyl (C=O) groups is 1. The van der Waals surface area contributed by atoms with Crippen molar-refractivity contribution in [3.05, 3.63) is 30.0 Å². The van der Waals surface area contributed by atoms with Gasteiger partial charge in [0, 0.05) is 17.2 Å². The highest BCUT2D eigenvalue weighted by atomic mass is 32.2. The summed E-state index contributed by atoms with van der Waals surface area (Å²) in [5.74, 6) is 0.214. The van der Waals surface area contributed by atoms with Gasteiger partial charge in [-0.25, -0.2) is 8.42 Å². The Hall–Kier alpha value is -1.95. The SMILES string of the molecule is COc1c(S(C)(=O)=O)cnc2ccc(C=O)cc12. The summed E-state index contributed by atoms with van der Waals surface area (Å²) < 4.78 is 28.4. The van der Waals surface area contributed by atoms with Crippen LogP contribution in [-0.4, -0.2) is 33.1 Å². The number of fused-ring (bicyclic) bond motifs is 1. The van der Waals surface area contributed by atoms with Crippen LogP contribution in [0.25, 0.3) is 10.9 Å². The van der Waals surface area contributed by atoms with E-state index in [-0.39, 0.29) is 10.6 Å². The van der Waals surface area contributed by atoms with Gasteiger partial charge >= 0.3 is 0 Å². The number of ether oxygens (including phenoxy) is 1. The van der Waals surface area contributed by atoms with E-state index in [1.165, 1.54) is 13.3 Å². The summed E-state index contributed by atoms with van der Waals surface area (Å²) in [6.07, 6.45) is 3.03. The molecular weight excluding hydrogens is 254 g/mol. The zero-order valence-corrected chi connectivity index (χ0v) is 10.7. The topological polar surface area (TPSA) is 73.3 Å². The van der Waals surface area contributed by atoms with Gasteiger partial charge in [0.25, 0.3) is 0 Å². The predicted molar refractivity (Wildman–Crippen MR) is 66.8 cm³/mol. The Labute approximate surface area is 104 Å². The van der Waals surface area contributed by atoms with E-state index in [0.717, 1.165) is 6.26 Å². The smallest absolute Gasteiger partial charge is 0.180 e. The molecule has 0 atom stereocenters. The number of aldehydes is 1. The number of benzene rings is 1. The third kappa shape index (κ3) is 2.06. The van der Waals surface area contributed by atoms with E-state index < -0.39 is 9.84 Å². The van der Waals surface area contributed by atoms with E-state index in [9.17, 15) is 13.2 Å². The first-order valence-corrected chi connectivity index (χ1v) is 6.98. The molecule has 2 aromatic rings. The maximum Gasteiger partial charge on any atom is 0.180 e. The molecule has 2 rings (SSSR count). The van der Waals surface area contributed by atoms with Crippen LogP contribution < -0.4 is 4.74 Å². The van der Waals surface area contributed by atoms with Crippen molar-refractivity contribution >= 4 is 27.0 Å². The van der Waals surface area contributed by atoms with Crippen molar-refractivity contribution < 1.29 is 17.9 Å². The third-order valence-corrected chi connectivity index (χ3v) is 3.64. The van der Waals surface area contributed by atoms with Gasteiger partial charge < -0.3 is 4.74 Å². The van der Waals surface area contributed by atoms with E-state index in [1.807, 2.05) is 0 Å². The maximum atomic E-state index is 11.6. The molecule has 0 aliphatic carbocycles. The summed E-state index contributed by atoms with van der Waals surface area (Å²) in [6, 6.07) is 4.82. The Morgan fingerprint density at radius 2 is 2.06 bits per heavy atom. The summed E-state index contributed by atoms with van der Waals surface area (Å²) in [5.41, 5.74) is 1.01. The largest absolute Gasteiger partial charge is 0.495 e. The van der Waals surface area contributed by atoms with Crippen molar-refractivity contribution in [1.82, 2.24) is 4.98 Å². The first-order valence-electron chi connectivity index (χ1n) is 5.09. The van der Waals surface area contributed by atoms with Crippen LogP contribution in [0.1, 0.15) is 10.4 Å². The first kappa shape index (κ1) is 12.5. The fourth-order valence-corrected chi connectivity index (χ4v) is 2.49. The number of carbonyl (C=O) groups excluding carboxylic acids is 1. The molecule has 1 aromatic carbocycles. The Kier molecular flexibility index (Phi) is 3.04. The third-order valence-electron chi connectivity index (χ3n) is 2.55. The van der Waals surface area contributed by atoms with Crippen LogP contribution in [0.4, 0.5) is 0 Å². The van der Waals surface area contributed by atoms with Crippen molar-refractivity contribution in [2.45, 2.75) is 4.90 Å². The molecule has 0 saturated heterocycles. The molecule has 0 radical (unpaired) electrons. The lowest BCUT2D eigenvalue weighted by Gasteiger charge is -2.09. The fourth-order valence-electron chi connectivity index (χ4n) is 1.72. The molecule has 6 heteroatoms. The Bertz CT molecular complexity index is 722. The second kappa shape index (κ2) is 4.38. The molecule has 0 N–H and O–H groups in total. The van der Waals surface area contributed by atoms with Crippen LogP contribution >= 0.6 is 0 Å². The molecule has 1 aromatic heterocycles. The van der Waals surface area contributed by atoms with E-state index >= 15 is 0 Å². The second-order valence-corrected chi connectivity index (χ2v) is 5.81. The zero-order chi connectivity index (χ0) is 13.3. The number of aromatic nitrogens is 1. The molecule has 0 unspecified atom stereocenters. The van der Waals surface area contributed by atoms with E-state index in [2.05, 4.69) is 4.98 Å². The van der Waals surface area contributed by atoms with Crippen molar-refractivity contribution in [3.63, 3.8) is 0 Å². The lowest BCUT2D eigenvalue weighted by molar-refractivity contribution is 0.112. The summed E-state index contributed by atoms with van der Waals surface area (Å²) >= 11 is 0. The van der Waals surface area contributed by atoms with E-state index in [1.54, 1.807) is 18.2 Å². The van der Waals surface area contributed by atoms with Gasteiger partial charge in [-0.05, 0) is 18.2 Å². The summed E-state index contributed by atoms with van der Waals surface area (Å²) in [5, 5.41) is 0.505. The van der Waals surface area contributed by atoms with E-state index in [0.29, 0.717) is 22.8 Å². The van der Waals surface area contributed by atoms with Crippen LogP contribution in [0.15, 0.2) is 29.3 Å². The lowest BCUT2D eigenvalue weighted by atomic mass is 10.1. The summed E-state index contributed by atoms with van der Waals surface area (Å²) in [7, 11) is -2.05. The molecule has 18 heavy (non-hydrogen) atoms.